The maximum atomic E-state index is 8.88. The van der Waals surface area contributed by atoms with E-state index in [1.54, 1.807) is 6.92 Å². The molecule has 1 aliphatic heterocycles. The number of hydrogen-bond acceptors (Lipinski definition) is 3. The van der Waals surface area contributed by atoms with Crippen LogP contribution < -0.4 is 10.6 Å². The van der Waals surface area contributed by atoms with E-state index in [1.165, 1.54) is 6.42 Å². The van der Waals surface area contributed by atoms with E-state index in [9.17, 15) is 0 Å². The van der Waals surface area contributed by atoms with Crippen molar-refractivity contribution in [2.75, 3.05) is 19.6 Å². The predicted molar refractivity (Wildman–Crippen MR) is 40.7 cm³/mol. The quantitative estimate of drug-likeness (QED) is 0.469. The summed E-state index contributed by atoms with van der Waals surface area (Å²) in [5.41, 5.74) is 0. The highest BCUT2D eigenvalue weighted by Crippen LogP contribution is 2.04. The Morgan fingerprint density at radius 1 is 1.80 bits per heavy atom. The number of aliphatic hydroxyl groups excluding tert-OH is 1. The van der Waals surface area contributed by atoms with Gasteiger partial charge in [0.15, 0.2) is 0 Å². The Hall–Kier alpha value is -0.120. The Kier molecular flexibility index (Phi) is 3.12. The third-order valence-corrected chi connectivity index (χ3v) is 1.86. The fourth-order valence-corrected chi connectivity index (χ4v) is 1.23. The van der Waals surface area contributed by atoms with Gasteiger partial charge in [-0.3, -0.25) is 5.32 Å². The van der Waals surface area contributed by atoms with E-state index < -0.39 is 0 Å². The van der Waals surface area contributed by atoms with E-state index >= 15 is 0 Å². The van der Waals surface area contributed by atoms with E-state index in [1.807, 2.05) is 0 Å². The molecule has 3 heteroatoms. The lowest BCUT2D eigenvalue weighted by molar-refractivity contribution is 0.151. The first kappa shape index (κ1) is 7.98. The number of hydrogen-bond donors (Lipinski definition) is 3. The van der Waals surface area contributed by atoms with E-state index in [2.05, 4.69) is 10.6 Å². The molecule has 3 N–H and O–H groups in total. The molecule has 0 spiro atoms. The van der Waals surface area contributed by atoms with Crippen LogP contribution >= 0.6 is 0 Å². The van der Waals surface area contributed by atoms with Crippen molar-refractivity contribution in [3.05, 3.63) is 0 Å². The average Bonchev–Trinajstić information content (AvgIpc) is 2.34. The summed E-state index contributed by atoms with van der Waals surface area (Å²) in [5.74, 6) is 0.717. The highest BCUT2D eigenvalue weighted by Gasteiger charge is 2.13. The van der Waals surface area contributed by atoms with Crippen LogP contribution in [0.25, 0.3) is 0 Å². The van der Waals surface area contributed by atoms with Gasteiger partial charge in [-0.2, -0.15) is 0 Å². The van der Waals surface area contributed by atoms with Crippen LogP contribution in [0.3, 0.4) is 0 Å². The maximum absolute atomic E-state index is 8.88. The van der Waals surface area contributed by atoms with Crippen molar-refractivity contribution < 1.29 is 5.11 Å². The van der Waals surface area contributed by atoms with Gasteiger partial charge in [0.1, 0.15) is 6.23 Å². The maximum Gasteiger partial charge on any atom is 0.102 e. The van der Waals surface area contributed by atoms with Crippen molar-refractivity contribution in [3.63, 3.8) is 0 Å². The second-order valence-corrected chi connectivity index (χ2v) is 2.94. The third-order valence-electron chi connectivity index (χ3n) is 1.86. The fourth-order valence-electron chi connectivity index (χ4n) is 1.23. The van der Waals surface area contributed by atoms with Gasteiger partial charge >= 0.3 is 0 Å². The Bertz CT molecular complexity index is 89.6. The summed E-state index contributed by atoms with van der Waals surface area (Å²) in [7, 11) is 0. The van der Waals surface area contributed by atoms with Gasteiger partial charge in [-0.05, 0) is 32.4 Å². The Morgan fingerprint density at radius 2 is 2.60 bits per heavy atom. The van der Waals surface area contributed by atoms with Gasteiger partial charge < -0.3 is 10.4 Å². The second kappa shape index (κ2) is 3.91. The number of nitrogens with one attached hydrogen (secondary N) is 2. The highest BCUT2D eigenvalue weighted by atomic mass is 16.3. The van der Waals surface area contributed by atoms with Crippen LogP contribution in [-0.2, 0) is 0 Å². The first-order valence-corrected chi connectivity index (χ1v) is 3.91. The molecule has 0 bridgehead atoms. The van der Waals surface area contributed by atoms with Crippen molar-refractivity contribution in [2.24, 2.45) is 5.92 Å². The molecule has 0 radical (unpaired) electrons. The van der Waals surface area contributed by atoms with Crippen molar-refractivity contribution in [1.29, 1.82) is 0 Å². The molecule has 1 fully saturated rings. The summed E-state index contributed by atoms with van der Waals surface area (Å²) in [5, 5.41) is 15.2. The number of aliphatic hydroxyl groups is 1. The highest BCUT2D eigenvalue weighted by molar-refractivity contribution is 4.72. The molecule has 0 saturated carbocycles. The molecule has 0 aromatic heterocycles. The largest absolute Gasteiger partial charge is 0.379 e. The molecule has 10 heavy (non-hydrogen) atoms. The van der Waals surface area contributed by atoms with Crippen molar-refractivity contribution >= 4 is 0 Å². The molecule has 1 rings (SSSR count). The Labute approximate surface area is 61.8 Å². The van der Waals surface area contributed by atoms with E-state index in [0.29, 0.717) is 0 Å². The molecule has 60 valence electrons. The van der Waals surface area contributed by atoms with Gasteiger partial charge in [0.05, 0.1) is 0 Å². The zero-order valence-electron chi connectivity index (χ0n) is 6.43. The normalized spacial score (nSPS) is 28.8. The molecule has 0 aliphatic carbocycles. The summed E-state index contributed by atoms with van der Waals surface area (Å²) >= 11 is 0. The van der Waals surface area contributed by atoms with Crippen LogP contribution in [0.1, 0.15) is 13.3 Å². The lowest BCUT2D eigenvalue weighted by Crippen LogP contribution is -2.31. The minimum atomic E-state index is -0.361. The second-order valence-electron chi connectivity index (χ2n) is 2.94. The molecule has 2 atom stereocenters. The fraction of sp³-hybridized carbons (Fsp3) is 1.00. The monoisotopic (exact) mass is 144 g/mol. The van der Waals surface area contributed by atoms with Crippen molar-refractivity contribution in [1.82, 2.24) is 10.6 Å². The molecular formula is C7H16N2O. The van der Waals surface area contributed by atoms with Crippen molar-refractivity contribution in [3.8, 4) is 0 Å². The third kappa shape index (κ3) is 2.64. The van der Waals surface area contributed by atoms with Crippen LogP contribution in [0.15, 0.2) is 0 Å². The predicted octanol–water partition coefficient (Wildman–Crippen LogP) is -0.476. The Morgan fingerprint density at radius 3 is 3.10 bits per heavy atom. The minimum Gasteiger partial charge on any atom is -0.379 e. The summed E-state index contributed by atoms with van der Waals surface area (Å²) in [6.45, 7) is 4.92. The smallest absolute Gasteiger partial charge is 0.102 e. The van der Waals surface area contributed by atoms with E-state index in [0.717, 1.165) is 25.6 Å². The van der Waals surface area contributed by atoms with Gasteiger partial charge in [-0.1, -0.05) is 0 Å². The summed E-state index contributed by atoms with van der Waals surface area (Å²) in [6, 6.07) is 0. The first-order chi connectivity index (χ1) is 4.79. The number of rotatable bonds is 3. The molecule has 1 aliphatic rings. The average molecular weight is 144 g/mol. The van der Waals surface area contributed by atoms with Gasteiger partial charge in [0.2, 0.25) is 0 Å². The molecule has 1 heterocycles. The zero-order valence-corrected chi connectivity index (χ0v) is 6.43. The van der Waals surface area contributed by atoms with Crippen LogP contribution in [0.4, 0.5) is 0 Å². The molecule has 0 aromatic rings. The molecular weight excluding hydrogens is 128 g/mol. The van der Waals surface area contributed by atoms with Gasteiger partial charge in [-0.15, -0.1) is 0 Å². The van der Waals surface area contributed by atoms with Crippen LogP contribution in [0, 0.1) is 5.92 Å². The summed E-state index contributed by atoms with van der Waals surface area (Å²) in [4.78, 5) is 0. The Balaban J connectivity index is 2.01. The van der Waals surface area contributed by atoms with Gasteiger partial charge in [0, 0.05) is 6.54 Å². The molecule has 0 aromatic carbocycles. The molecule has 3 nitrogen and oxygen atoms in total. The summed E-state index contributed by atoms with van der Waals surface area (Å²) < 4.78 is 0. The van der Waals surface area contributed by atoms with Crippen molar-refractivity contribution in [2.45, 2.75) is 19.6 Å². The van der Waals surface area contributed by atoms with E-state index in [4.69, 9.17) is 5.11 Å². The van der Waals surface area contributed by atoms with E-state index in [-0.39, 0.29) is 6.23 Å². The summed E-state index contributed by atoms with van der Waals surface area (Å²) in [6.07, 6.45) is 0.875. The lowest BCUT2D eigenvalue weighted by Gasteiger charge is -2.11. The first-order valence-electron chi connectivity index (χ1n) is 3.91. The minimum absolute atomic E-state index is 0.361. The standard InChI is InChI=1S/C7H16N2O/c1-6(10)9-5-7-2-3-8-4-7/h6-10H,2-5H2,1H3. The van der Waals surface area contributed by atoms with Gasteiger partial charge in [0.25, 0.3) is 0 Å². The van der Waals surface area contributed by atoms with Gasteiger partial charge in [-0.25, -0.2) is 0 Å². The van der Waals surface area contributed by atoms with Crippen LogP contribution in [-0.4, -0.2) is 31.0 Å². The SMILES string of the molecule is CC(O)NCC1CCNC1. The molecule has 1 saturated heterocycles. The topological polar surface area (TPSA) is 44.3 Å². The zero-order chi connectivity index (χ0) is 7.40. The van der Waals surface area contributed by atoms with Crippen LogP contribution in [0.2, 0.25) is 0 Å². The lowest BCUT2D eigenvalue weighted by atomic mass is 10.1. The molecule has 0 amide bonds. The molecule has 2 unspecified atom stereocenters. The van der Waals surface area contributed by atoms with Crippen LogP contribution in [0.5, 0.6) is 0 Å².